The molecule has 0 aliphatic rings. The van der Waals surface area contributed by atoms with Crippen molar-refractivity contribution in [2.45, 2.75) is 20.4 Å². The minimum atomic E-state index is -0.404. The van der Waals surface area contributed by atoms with Gasteiger partial charge in [0.25, 0.3) is 5.91 Å². The Kier molecular flexibility index (Phi) is 6.91. The van der Waals surface area contributed by atoms with E-state index in [4.69, 9.17) is 22.1 Å². The van der Waals surface area contributed by atoms with Crippen molar-refractivity contribution in [1.29, 1.82) is 0 Å². The van der Waals surface area contributed by atoms with Crippen molar-refractivity contribution >= 4 is 34.4 Å². The van der Waals surface area contributed by atoms with E-state index in [1.54, 1.807) is 24.4 Å². The Balaban J connectivity index is 1.83. The number of H-pyrrole nitrogens is 1. The molecule has 0 unspecified atom stereocenters. The van der Waals surface area contributed by atoms with Crippen LogP contribution >= 0.6 is 11.6 Å². The summed E-state index contributed by atoms with van der Waals surface area (Å²) in [4.78, 5) is 25.6. The fraction of sp³-hybridized carbons (Fsp3) is 0.286. The van der Waals surface area contributed by atoms with Crippen LogP contribution in [-0.2, 0) is 6.54 Å². The zero-order valence-electron chi connectivity index (χ0n) is 17.2. The van der Waals surface area contributed by atoms with Crippen molar-refractivity contribution in [3.63, 3.8) is 0 Å². The van der Waals surface area contributed by atoms with E-state index in [0.717, 1.165) is 25.2 Å². The van der Waals surface area contributed by atoms with Gasteiger partial charge in [-0.25, -0.2) is 4.98 Å². The third-order valence-corrected chi connectivity index (χ3v) is 5.02. The van der Waals surface area contributed by atoms with Crippen LogP contribution in [0.15, 0.2) is 41.5 Å². The molecule has 3 rings (SSSR count). The van der Waals surface area contributed by atoms with Gasteiger partial charge in [0, 0.05) is 43.4 Å². The highest BCUT2D eigenvalue weighted by Crippen LogP contribution is 2.32. The van der Waals surface area contributed by atoms with E-state index in [9.17, 15) is 4.79 Å². The van der Waals surface area contributed by atoms with Gasteiger partial charge in [0.05, 0.1) is 10.5 Å². The quantitative estimate of drug-likeness (QED) is 0.394. The summed E-state index contributed by atoms with van der Waals surface area (Å²) in [5.74, 6) is 0.623. The second-order valence-electron chi connectivity index (χ2n) is 6.68. The van der Waals surface area contributed by atoms with Crippen LogP contribution in [0.2, 0.25) is 5.02 Å². The molecule has 0 atom stereocenters. The van der Waals surface area contributed by atoms with Gasteiger partial charge in [-0.3, -0.25) is 20.0 Å². The second kappa shape index (κ2) is 9.60. The van der Waals surface area contributed by atoms with Crippen LogP contribution in [0, 0.1) is 0 Å². The van der Waals surface area contributed by atoms with Crippen molar-refractivity contribution in [3.05, 3.63) is 52.8 Å². The van der Waals surface area contributed by atoms with E-state index in [1.165, 1.54) is 7.05 Å². The Morgan fingerprint density at radius 1 is 1.30 bits per heavy atom. The lowest BCUT2D eigenvalue weighted by molar-refractivity contribution is 0.0972. The number of halogens is 1. The maximum atomic E-state index is 12.3. The van der Waals surface area contributed by atoms with Crippen molar-refractivity contribution < 1.29 is 9.53 Å². The Labute approximate surface area is 180 Å². The molecular weight excluding hydrogens is 404 g/mol. The summed E-state index contributed by atoms with van der Waals surface area (Å²) in [7, 11) is 1.49. The molecule has 0 saturated heterocycles. The van der Waals surface area contributed by atoms with E-state index < -0.39 is 5.91 Å². The molecule has 0 radical (unpaired) electrons. The van der Waals surface area contributed by atoms with Gasteiger partial charge in [0.1, 0.15) is 11.4 Å². The number of fused-ring (bicyclic) bond motifs is 1. The Bertz CT molecular complexity index is 1070. The van der Waals surface area contributed by atoms with Crippen molar-refractivity contribution in [2.75, 3.05) is 20.1 Å². The number of benzene rings is 1. The summed E-state index contributed by atoms with van der Waals surface area (Å²) >= 11 is 6.41. The first-order valence-corrected chi connectivity index (χ1v) is 10.0. The molecule has 0 aliphatic heterocycles. The number of guanidine groups is 1. The number of hydrogen-bond acceptors (Lipinski definition) is 5. The number of nitrogens with zero attached hydrogens (tertiary/aromatic N) is 3. The molecule has 8 nitrogen and oxygen atoms in total. The van der Waals surface area contributed by atoms with E-state index in [2.05, 4.69) is 39.0 Å². The smallest absolute Gasteiger partial charge is 0.274 e. The van der Waals surface area contributed by atoms with Gasteiger partial charge in [-0.1, -0.05) is 25.4 Å². The molecule has 0 spiro atoms. The van der Waals surface area contributed by atoms with Crippen molar-refractivity contribution in [3.8, 4) is 11.6 Å². The molecule has 30 heavy (non-hydrogen) atoms. The zero-order valence-corrected chi connectivity index (χ0v) is 18.0. The fourth-order valence-electron chi connectivity index (χ4n) is 3.02. The molecule has 3 aromatic rings. The highest BCUT2D eigenvalue weighted by atomic mass is 35.5. The number of ether oxygens (including phenoxy) is 1. The standard InChI is InChI=1S/C21H25ClN6O2/c1-4-28(5-2)12-13-6-7-25-19(8-13)30-14-9-16(22)15-11-18(26-17(15)10-14)20(29)27-21(23)24-3/h6-11,26H,4-5,12H2,1-3H3,(H3,23,24,27,29). The number of aromatic nitrogens is 2. The van der Waals surface area contributed by atoms with Gasteiger partial charge < -0.3 is 15.5 Å². The number of amides is 1. The highest BCUT2D eigenvalue weighted by molar-refractivity contribution is 6.35. The summed E-state index contributed by atoms with van der Waals surface area (Å²) in [5.41, 5.74) is 7.65. The third kappa shape index (κ3) is 5.08. The van der Waals surface area contributed by atoms with Gasteiger partial charge >= 0.3 is 0 Å². The molecule has 0 saturated carbocycles. The van der Waals surface area contributed by atoms with E-state index in [-0.39, 0.29) is 5.96 Å². The monoisotopic (exact) mass is 428 g/mol. The number of pyridine rings is 1. The Morgan fingerprint density at radius 3 is 2.77 bits per heavy atom. The molecule has 2 heterocycles. The van der Waals surface area contributed by atoms with Gasteiger partial charge in [0.15, 0.2) is 5.96 Å². The van der Waals surface area contributed by atoms with Gasteiger partial charge in [-0.05, 0) is 30.8 Å². The molecule has 0 fully saturated rings. The van der Waals surface area contributed by atoms with Gasteiger partial charge in [-0.15, -0.1) is 0 Å². The van der Waals surface area contributed by atoms with Crippen LogP contribution in [0.1, 0.15) is 29.9 Å². The first kappa shape index (κ1) is 21.6. The van der Waals surface area contributed by atoms with Gasteiger partial charge in [0.2, 0.25) is 5.88 Å². The van der Waals surface area contributed by atoms with Crippen LogP contribution in [0.3, 0.4) is 0 Å². The molecule has 9 heteroatoms. The van der Waals surface area contributed by atoms with E-state index in [1.807, 2.05) is 12.1 Å². The summed E-state index contributed by atoms with van der Waals surface area (Å²) in [5, 5.41) is 3.63. The molecule has 1 aromatic carbocycles. The Morgan fingerprint density at radius 2 is 2.07 bits per heavy atom. The second-order valence-corrected chi connectivity index (χ2v) is 7.09. The van der Waals surface area contributed by atoms with Crippen LogP contribution in [-0.4, -0.2) is 46.9 Å². The van der Waals surface area contributed by atoms with E-state index >= 15 is 0 Å². The first-order chi connectivity index (χ1) is 14.4. The van der Waals surface area contributed by atoms with Crippen LogP contribution in [0.5, 0.6) is 11.6 Å². The summed E-state index contributed by atoms with van der Waals surface area (Å²) in [6.45, 7) is 7.03. The number of hydrogen-bond donors (Lipinski definition) is 3. The van der Waals surface area contributed by atoms with Crippen molar-refractivity contribution in [2.24, 2.45) is 10.7 Å². The highest BCUT2D eigenvalue weighted by Gasteiger charge is 2.14. The van der Waals surface area contributed by atoms with Gasteiger partial charge in [-0.2, -0.15) is 0 Å². The number of rotatable bonds is 7. The minimum Gasteiger partial charge on any atom is -0.439 e. The summed E-state index contributed by atoms with van der Waals surface area (Å²) < 4.78 is 5.93. The number of carbonyl (C=O) groups is 1. The first-order valence-electron chi connectivity index (χ1n) is 9.64. The average Bonchev–Trinajstić information content (AvgIpc) is 3.17. The molecule has 1 amide bonds. The molecular formula is C21H25ClN6O2. The number of aromatic amines is 1. The molecule has 158 valence electrons. The van der Waals surface area contributed by atoms with Crippen LogP contribution in [0.4, 0.5) is 0 Å². The SMILES string of the molecule is CCN(CC)Cc1ccnc(Oc2cc(Cl)c3cc(C(=O)NC(N)=NC)[nH]c3c2)c1. The number of carbonyl (C=O) groups excluding carboxylic acids is 1. The minimum absolute atomic E-state index is 0.0319. The average molecular weight is 429 g/mol. The predicted molar refractivity (Wildman–Crippen MR) is 119 cm³/mol. The van der Waals surface area contributed by atoms with Crippen LogP contribution < -0.4 is 15.8 Å². The number of aliphatic imine (C=N–C) groups is 1. The third-order valence-electron chi connectivity index (χ3n) is 4.71. The number of nitrogens with one attached hydrogen (secondary N) is 2. The topological polar surface area (TPSA) is 109 Å². The summed E-state index contributed by atoms with van der Waals surface area (Å²) in [6.07, 6.45) is 1.73. The van der Waals surface area contributed by atoms with E-state index in [0.29, 0.717) is 33.2 Å². The largest absolute Gasteiger partial charge is 0.439 e. The Hall–Kier alpha value is -3.10. The van der Waals surface area contributed by atoms with Crippen LogP contribution in [0.25, 0.3) is 10.9 Å². The molecule has 0 aliphatic carbocycles. The maximum absolute atomic E-state index is 12.3. The zero-order chi connectivity index (χ0) is 21.7. The lowest BCUT2D eigenvalue weighted by atomic mass is 10.2. The fourth-order valence-corrected chi connectivity index (χ4v) is 3.28. The molecule has 0 bridgehead atoms. The lowest BCUT2D eigenvalue weighted by Crippen LogP contribution is -2.36. The lowest BCUT2D eigenvalue weighted by Gasteiger charge is -2.18. The predicted octanol–water partition coefficient (Wildman–Crippen LogP) is 3.52. The normalized spacial score (nSPS) is 11.8. The van der Waals surface area contributed by atoms with Crippen molar-refractivity contribution in [1.82, 2.24) is 20.2 Å². The number of nitrogens with two attached hydrogens (primary N) is 1. The molecule has 4 N–H and O–H groups in total. The molecule has 2 aromatic heterocycles. The maximum Gasteiger partial charge on any atom is 0.274 e. The summed E-state index contributed by atoms with van der Waals surface area (Å²) in [6, 6.07) is 9.01.